The number of hydrogen-bond acceptors (Lipinski definition) is 4. The molecule has 2 N–H and O–H groups in total. The molecule has 1 fully saturated rings. The highest BCUT2D eigenvalue weighted by atomic mass is 32.1. The molecule has 0 radical (unpaired) electrons. The molecule has 5 heteroatoms. The van der Waals surface area contributed by atoms with E-state index in [0.717, 1.165) is 5.56 Å². The number of piperidine rings is 1. The van der Waals surface area contributed by atoms with Gasteiger partial charge in [0.05, 0.1) is 17.1 Å². The van der Waals surface area contributed by atoms with Crippen LogP contribution in [0, 0.1) is 22.7 Å². The smallest absolute Gasteiger partial charge is 0.243 e. The molecule has 4 nitrogen and oxygen atoms in total. The molecule has 19 heavy (non-hydrogen) atoms. The van der Waals surface area contributed by atoms with Crippen LogP contribution in [-0.4, -0.2) is 16.8 Å². The van der Waals surface area contributed by atoms with Crippen molar-refractivity contribution in [2.24, 2.45) is 5.92 Å². The van der Waals surface area contributed by atoms with Gasteiger partial charge in [-0.3, -0.25) is 10.2 Å². The molecule has 0 aromatic heterocycles. The Labute approximate surface area is 116 Å². The summed E-state index contributed by atoms with van der Waals surface area (Å²) >= 11 is 5.09. The molecule has 1 heterocycles. The van der Waals surface area contributed by atoms with Crippen LogP contribution in [0.15, 0.2) is 35.9 Å². The van der Waals surface area contributed by atoms with E-state index in [1.165, 1.54) is 0 Å². The van der Waals surface area contributed by atoms with E-state index < -0.39 is 17.2 Å². The van der Waals surface area contributed by atoms with Gasteiger partial charge in [-0.05, 0) is 18.4 Å². The predicted octanol–water partition coefficient (Wildman–Crippen LogP) is 1.72. The van der Waals surface area contributed by atoms with Gasteiger partial charge in [0.15, 0.2) is 0 Å². The third-order valence-electron chi connectivity index (χ3n) is 3.45. The monoisotopic (exact) mass is 269 g/mol. The van der Waals surface area contributed by atoms with E-state index in [1.807, 2.05) is 36.4 Å². The summed E-state index contributed by atoms with van der Waals surface area (Å²) in [4.78, 5) is 12.1. The van der Waals surface area contributed by atoms with Crippen LogP contribution >= 0.6 is 12.2 Å². The summed E-state index contributed by atoms with van der Waals surface area (Å²) in [7, 11) is 0. The van der Waals surface area contributed by atoms with E-state index in [9.17, 15) is 10.1 Å². The van der Waals surface area contributed by atoms with Gasteiger partial charge in [-0.25, -0.2) is 0 Å². The van der Waals surface area contributed by atoms with Crippen molar-refractivity contribution in [1.82, 2.24) is 5.32 Å². The first-order valence-electron chi connectivity index (χ1n) is 5.66. The summed E-state index contributed by atoms with van der Waals surface area (Å²) < 4.78 is 0. The van der Waals surface area contributed by atoms with Crippen molar-refractivity contribution >= 4 is 29.0 Å². The third-order valence-corrected chi connectivity index (χ3v) is 3.76. The number of hydrogen-bond donors (Lipinski definition) is 2. The number of rotatable bonds is 1. The molecule has 0 bridgehead atoms. The molecule has 2 rings (SSSR count). The van der Waals surface area contributed by atoms with Crippen LogP contribution < -0.4 is 5.32 Å². The summed E-state index contributed by atoms with van der Waals surface area (Å²) in [5.41, 5.74) is 0.185. The van der Waals surface area contributed by atoms with Crippen molar-refractivity contribution < 1.29 is 4.79 Å². The Morgan fingerprint density at radius 1 is 1.42 bits per heavy atom. The van der Waals surface area contributed by atoms with Crippen molar-refractivity contribution in [3.8, 4) is 6.07 Å². The Bertz CT molecular complexity index is 640. The number of thiocarbonyl (C=S) groups is 1. The van der Waals surface area contributed by atoms with Crippen LogP contribution in [0.3, 0.4) is 0 Å². The molecule has 0 unspecified atom stereocenters. The molecule has 0 saturated carbocycles. The van der Waals surface area contributed by atoms with Crippen LogP contribution in [0.25, 0.3) is 0 Å². The highest BCUT2D eigenvalue weighted by Gasteiger charge is 2.49. The molecular weight excluding hydrogens is 258 g/mol. The number of nitrogens with zero attached hydrogens (tertiary/aromatic N) is 1. The Morgan fingerprint density at radius 3 is 2.58 bits per heavy atom. The van der Waals surface area contributed by atoms with Gasteiger partial charge in [-0.2, -0.15) is 5.26 Å². The van der Waals surface area contributed by atoms with Crippen molar-refractivity contribution in [3.63, 3.8) is 0 Å². The maximum atomic E-state index is 12.0. The molecular formula is C14H11N3OS. The first-order chi connectivity index (χ1) is 9.05. The zero-order valence-corrected chi connectivity index (χ0v) is 11.0. The van der Waals surface area contributed by atoms with Gasteiger partial charge in [0.2, 0.25) is 5.91 Å². The van der Waals surface area contributed by atoms with Crippen LogP contribution in [0.5, 0.6) is 0 Å². The molecule has 0 spiro atoms. The molecule has 94 valence electrons. The van der Waals surface area contributed by atoms with Crippen molar-refractivity contribution in [3.05, 3.63) is 41.5 Å². The Hall–Kier alpha value is -2.28. The van der Waals surface area contributed by atoms with E-state index in [2.05, 4.69) is 11.2 Å². The second kappa shape index (κ2) is 4.77. The van der Waals surface area contributed by atoms with Crippen LogP contribution in [0.2, 0.25) is 0 Å². The fourth-order valence-corrected chi connectivity index (χ4v) is 2.72. The molecule has 1 aromatic rings. The molecule has 1 saturated heterocycles. The van der Waals surface area contributed by atoms with E-state index in [4.69, 9.17) is 17.6 Å². The van der Waals surface area contributed by atoms with E-state index in [0.29, 0.717) is 5.57 Å². The number of nitrogens with one attached hydrogen (secondary N) is 2. The average Bonchev–Trinajstić information content (AvgIpc) is 2.40. The Balaban J connectivity index is 2.72. The lowest BCUT2D eigenvalue weighted by Gasteiger charge is -2.38. The normalized spacial score (nSPS) is 26.3. The standard InChI is InChI=1S/C14H11N3OS/c1-14(9-5-3-2-4-6-9)10(7-15)12(18)17-13(19)11(14)8-16/h2-6,10,16H,1H3,(H,17,18,19)/t10-,14-/m0/s1. The second-order valence-corrected chi connectivity index (χ2v) is 4.86. The SMILES string of the molecule is C[C@@]1(c2ccccc2)C(=C=N)C(=S)NC(=O)[C@@H]1C#N. The lowest BCUT2D eigenvalue weighted by Crippen LogP contribution is -2.54. The zero-order chi connectivity index (χ0) is 14.0. The maximum absolute atomic E-state index is 12.0. The van der Waals surface area contributed by atoms with Gasteiger partial charge in [0.1, 0.15) is 10.9 Å². The van der Waals surface area contributed by atoms with Gasteiger partial charge in [0, 0.05) is 0 Å². The quantitative estimate of drug-likeness (QED) is 0.463. The van der Waals surface area contributed by atoms with E-state index in [-0.39, 0.29) is 4.99 Å². The number of carbonyl (C=O) groups excluding carboxylic acids is 1. The summed E-state index contributed by atoms with van der Waals surface area (Å²) in [5, 5.41) is 19.2. The van der Waals surface area contributed by atoms with Crippen LogP contribution in [-0.2, 0) is 10.2 Å². The summed E-state index contributed by atoms with van der Waals surface area (Å²) in [6, 6.07) is 11.2. The van der Waals surface area contributed by atoms with E-state index in [1.54, 1.807) is 6.92 Å². The Morgan fingerprint density at radius 2 is 2.05 bits per heavy atom. The topological polar surface area (TPSA) is 76.7 Å². The minimum atomic E-state index is -0.947. The highest BCUT2D eigenvalue weighted by molar-refractivity contribution is 7.80. The fourth-order valence-electron chi connectivity index (χ4n) is 2.36. The van der Waals surface area contributed by atoms with Gasteiger partial charge < -0.3 is 5.32 Å². The molecule has 1 amide bonds. The minimum Gasteiger partial charge on any atom is -0.315 e. The number of amides is 1. The molecule has 2 atom stereocenters. The summed E-state index contributed by atoms with van der Waals surface area (Å²) in [6.07, 6.45) is 0. The largest absolute Gasteiger partial charge is 0.315 e. The fraction of sp³-hybridized carbons (Fsp3) is 0.214. The number of carbonyl (C=O) groups is 1. The van der Waals surface area contributed by atoms with Crippen LogP contribution in [0.1, 0.15) is 12.5 Å². The molecule has 1 aromatic carbocycles. The highest BCUT2D eigenvalue weighted by Crippen LogP contribution is 2.40. The Kier molecular flexibility index (Phi) is 3.30. The second-order valence-electron chi connectivity index (χ2n) is 4.45. The van der Waals surface area contributed by atoms with Gasteiger partial charge in [-0.15, -0.1) is 0 Å². The maximum Gasteiger partial charge on any atom is 0.243 e. The van der Waals surface area contributed by atoms with Crippen molar-refractivity contribution in [2.45, 2.75) is 12.3 Å². The lowest BCUT2D eigenvalue weighted by atomic mass is 9.65. The van der Waals surface area contributed by atoms with Crippen LogP contribution in [0.4, 0.5) is 0 Å². The number of benzene rings is 1. The minimum absolute atomic E-state index is 0.165. The van der Waals surface area contributed by atoms with E-state index >= 15 is 0 Å². The zero-order valence-electron chi connectivity index (χ0n) is 10.2. The summed E-state index contributed by atoms with van der Waals surface area (Å²) in [5.74, 6) is 0.919. The first-order valence-corrected chi connectivity index (χ1v) is 6.07. The predicted molar refractivity (Wildman–Crippen MR) is 74.9 cm³/mol. The molecule has 0 aliphatic carbocycles. The summed E-state index contributed by atoms with van der Waals surface area (Å²) in [6.45, 7) is 1.75. The third kappa shape index (κ3) is 1.88. The number of nitriles is 1. The molecule has 1 aliphatic heterocycles. The van der Waals surface area contributed by atoms with Crippen molar-refractivity contribution in [2.75, 3.05) is 0 Å². The molecule has 1 aliphatic rings. The van der Waals surface area contributed by atoms with Crippen molar-refractivity contribution in [1.29, 1.82) is 10.7 Å². The lowest BCUT2D eigenvalue weighted by molar-refractivity contribution is -0.123. The average molecular weight is 269 g/mol. The van der Waals surface area contributed by atoms with Gasteiger partial charge in [0.25, 0.3) is 0 Å². The van der Waals surface area contributed by atoms with Gasteiger partial charge in [-0.1, -0.05) is 42.5 Å². The first kappa shape index (κ1) is 13.2. The van der Waals surface area contributed by atoms with Gasteiger partial charge >= 0.3 is 0 Å².